The summed E-state index contributed by atoms with van der Waals surface area (Å²) >= 11 is 5.22. The van der Waals surface area contributed by atoms with Gasteiger partial charge >= 0.3 is 5.97 Å². The van der Waals surface area contributed by atoms with E-state index in [2.05, 4.69) is 15.7 Å². The smallest absolute Gasteiger partial charge is 0.356 e. The average molecular weight is 304 g/mol. The van der Waals surface area contributed by atoms with Crippen molar-refractivity contribution in [2.24, 2.45) is 7.05 Å². The summed E-state index contributed by atoms with van der Waals surface area (Å²) in [5.41, 5.74) is 3.45. The molecule has 0 fully saturated rings. The van der Waals surface area contributed by atoms with E-state index >= 15 is 0 Å². The molecule has 0 bridgehead atoms. The molecule has 21 heavy (non-hydrogen) atoms. The fourth-order valence-corrected chi connectivity index (χ4v) is 2.15. The Kier molecular flexibility index (Phi) is 4.23. The highest BCUT2D eigenvalue weighted by Crippen LogP contribution is 2.18. The molecule has 0 atom stereocenters. The van der Waals surface area contributed by atoms with Crippen LogP contribution in [0.2, 0.25) is 0 Å². The molecule has 3 N–H and O–H groups in total. The summed E-state index contributed by atoms with van der Waals surface area (Å²) in [6, 6.07) is 5.98. The summed E-state index contributed by atoms with van der Waals surface area (Å²) < 4.78 is 1.28. The molecule has 1 aromatic heterocycles. The Morgan fingerprint density at radius 1 is 1.29 bits per heavy atom. The van der Waals surface area contributed by atoms with Gasteiger partial charge in [0, 0.05) is 12.7 Å². The van der Waals surface area contributed by atoms with Crippen molar-refractivity contribution in [3.05, 3.63) is 41.2 Å². The Morgan fingerprint density at radius 2 is 1.95 bits per heavy atom. The fraction of sp³-hybridized carbons (Fsp3) is 0.214. The van der Waals surface area contributed by atoms with Crippen molar-refractivity contribution in [3.63, 3.8) is 0 Å². The van der Waals surface area contributed by atoms with Crippen molar-refractivity contribution in [2.75, 3.05) is 10.6 Å². The van der Waals surface area contributed by atoms with Crippen LogP contribution in [0.1, 0.15) is 21.6 Å². The number of aromatic nitrogens is 2. The molecule has 0 aliphatic rings. The predicted molar refractivity (Wildman–Crippen MR) is 85.9 cm³/mol. The summed E-state index contributed by atoms with van der Waals surface area (Å²) in [4.78, 5) is 11.2. The van der Waals surface area contributed by atoms with E-state index in [-0.39, 0.29) is 5.69 Å². The van der Waals surface area contributed by atoms with Crippen molar-refractivity contribution in [3.8, 4) is 0 Å². The Labute approximate surface area is 127 Å². The first kappa shape index (κ1) is 15.0. The molecular weight excluding hydrogens is 288 g/mol. The summed E-state index contributed by atoms with van der Waals surface area (Å²) in [6.45, 7) is 3.96. The van der Waals surface area contributed by atoms with Gasteiger partial charge in [0.1, 0.15) is 0 Å². The second-order valence-corrected chi connectivity index (χ2v) is 5.14. The highest BCUT2D eigenvalue weighted by Gasteiger charge is 2.16. The number of nitrogens with zero attached hydrogens (tertiary/aromatic N) is 2. The number of nitrogens with one attached hydrogen (secondary N) is 2. The number of carboxylic acids is 1. The third-order valence-electron chi connectivity index (χ3n) is 3.03. The van der Waals surface area contributed by atoms with Gasteiger partial charge < -0.3 is 15.7 Å². The first-order valence-corrected chi connectivity index (χ1v) is 6.70. The molecule has 0 unspecified atom stereocenters. The maximum absolute atomic E-state index is 11.2. The largest absolute Gasteiger partial charge is 0.476 e. The lowest BCUT2D eigenvalue weighted by molar-refractivity contribution is 0.0686. The number of benzene rings is 1. The third kappa shape index (κ3) is 3.38. The Balaban J connectivity index is 2.16. The molecule has 0 radical (unpaired) electrons. The van der Waals surface area contributed by atoms with Crippen LogP contribution in [0.4, 0.5) is 11.4 Å². The van der Waals surface area contributed by atoms with Gasteiger partial charge in [-0.3, -0.25) is 4.68 Å². The highest BCUT2D eigenvalue weighted by molar-refractivity contribution is 7.80. The molecular formula is C14H16N4O2S. The molecule has 6 nitrogen and oxygen atoms in total. The van der Waals surface area contributed by atoms with Crippen molar-refractivity contribution >= 4 is 34.7 Å². The first-order chi connectivity index (χ1) is 9.88. The van der Waals surface area contributed by atoms with Crippen molar-refractivity contribution in [1.29, 1.82) is 0 Å². The van der Waals surface area contributed by atoms with Gasteiger partial charge in [-0.2, -0.15) is 5.10 Å². The number of hydrogen-bond acceptors (Lipinski definition) is 3. The second kappa shape index (κ2) is 5.92. The van der Waals surface area contributed by atoms with Gasteiger partial charge in [-0.25, -0.2) is 4.79 Å². The maximum Gasteiger partial charge on any atom is 0.356 e. The Hall–Kier alpha value is -2.41. The van der Waals surface area contributed by atoms with Gasteiger partial charge in [0.15, 0.2) is 10.8 Å². The molecule has 110 valence electrons. The standard InChI is InChI=1S/C14H16N4O2S/c1-8-4-5-9(2)10(6-8)16-14(21)17-11-7-15-18(3)12(11)13(19)20/h4-7H,1-3H3,(H,19,20)(H2,16,17,21). The van der Waals surface area contributed by atoms with Crippen LogP contribution in [0.25, 0.3) is 0 Å². The van der Waals surface area contributed by atoms with Crippen LogP contribution in [0, 0.1) is 13.8 Å². The molecule has 0 aliphatic carbocycles. The minimum Gasteiger partial charge on any atom is -0.476 e. The Bertz CT molecular complexity index is 709. The summed E-state index contributed by atoms with van der Waals surface area (Å²) in [6.07, 6.45) is 1.43. The molecule has 0 aliphatic heterocycles. The third-order valence-corrected chi connectivity index (χ3v) is 3.23. The van der Waals surface area contributed by atoms with E-state index in [9.17, 15) is 4.79 Å². The van der Waals surface area contributed by atoms with Crippen LogP contribution >= 0.6 is 12.2 Å². The molecule has 2 rings (SSSR count). The van der Waals surface area contributed by atoms with Crippen LogP contribution < -0.4 is 10.6 Å². The number of anilines is 2. The van der Waals surface area contributed by atoms with Gasteiger partial charge in [-0.1, -0.05) is 12.1 Å². The molecule has 0 saturated carbocycles. The van der Waals surface area contributed by atoms with Crippen LogP contribution in [-0.2, 0) is 7.05 Å². The molecule has 1 aromatic carbocycles. The molecule has 0 spiro atoms. The summed E-state index contributed by atoms with van der Waals surface area (Å²) in [5.74, 6) is -1.06. The average Bonchev–Trinajstić information content (AvgIpc) is 2.75. The van der Waals surface area contributed by atoms with Gasteiger partial charge in [0.2, 0.25) is 0 Å². The van der Waals surface area contributed by atoms with E-state index in [0.717, 1.165) is 16.8 Å². The van der Waals surface area contributed by atoms with E-state index in [1.807, 2.05) is 32.0 Å². The SMILES string of the molecule is Cc1ccc(C)c(NC(=S)Nc2cnn(C)c2C(=O)O)c1. The topological polar surface area (TPSA) is 79.2 Å². The zero-order chi connectivity index (χ0) is 15.6. The van der Waals surface area contributed by atoms with Crippen molar-refractivity contribution < 1.29 is 9.90 Å². The second-order valence-electron chi connectivity index (χ2n) is 4.73. The van der Waals surface area contributed by atoms with E-state index in [4.69, 9.17) is 17.3 Å². The van der Waals surface area contributed by atoms with Crippen molar-refractivity contribution in [1.82, 2.24) is 9.78 Å². The summed E-state index contributed by atoms with van der Waals surface area (Å²) in [5, 5.41) is 19.3. The lowest BCUT2D eigenvalue weighted by Crippen LogP contribution is -2.21. The quantitative estimate of drug-likeness (QED) is 0.756. The maximum atomic E-state index is 11.2. The zero-order valence-corrected chi connectivity index (χ0v) is 12.8. The minimum atomic E-state index is -1.06. The van der Waals surface area contributed by atoms with E-state index in [0.29, 0.717) is 10.8 Å². The minimum absolute atomic E-state index is 0.0557. The van der Waals surface area contributed by atoms with E-state index in [1.165, 1.54) is 10.9 Å². The van der Waals surface area contributed by atoms with Crippen LogP contribution in [0.3, 0.4) is 0 Å². The number of aromatic carboxylic acids is 1. The molecule has 1 heterocycles. The highest BCUT2D eigenvalue weighted by atomic mass is 32.1. The number of aryl methyl sites for hydroxylation is 3. The number of thiocarbonyl (C=S) groups is 1. The number of carbonyl (C=O) groups is 1. The van der Waals surface area contributed by atoms with Gasteiger partial charge in [0.25, 0.3) is 0 Å². The van der Waals surface area contributed by atoms with Crippen molar-refractivity contribution in [2.45, 2.75) is 13.8 Å². The molecule has 0 amide bonds. The predicted octanol–water partition coefficient (Wildman–Crippen LogP) is 2.54. The van der Waals surface area contributed by atoms with Gasteiger partial charge in [-0.15, -0.1) is 0 Å². The first-order valence-electron chi connectivity index (χ1n) is 6.29. The lowest BCUT2D eigenvalue weighted by Gasteiger charge is -2.12. The molecule has 7 heteroatoms. The van der Waals surface area contributed by atoms with Crippen LogP contribution in [-0.4, -0.2) is 26.0 Å². The lowest BCUT2D eigenvalue weighted by atomic mass is 10.1. The fourth-order valence-electron chi connectivity index (χ4n) is 1.93. The zero-order valence-electron chi connectivity index (χ0n) is 12.0. The van der Waals surface area contributed by atoms with E-state index in [1.54, 1.807) is 7.05 Å². The number of rotatable bonds is 3. The molecule has 2 aromatic rings. The van der Waals surface area contributed by atoms with Crippen LogP contribution in [0.15, 0.2) is 24.4 Å². The van der Waals surface area contributed by atoms with E-state index < -0.39 is 5.97 Å². The Morgan fingerprint density at radius 3 is 2.62 bits per heavy atom. The number of carboxylic acid groups (broad SMARTS) is 1. The van der Waals surface area contributed by atoms with Crippen LogP contribution in [0.5, 0.6) is 0 Å². The van der Waals surface area contributed by atoms with Gasteiger partial charge in [-0.05, 0) is 43.3 Å². The van der Waals surface area contributed by atoms with Gasteiger partial charge in [0.05, 0.1) is 11.9 Å². The molecule has 0 saturated heterocycles. The summed E-state index contributed by atoms with van der Waals surface area (Å²) in [7, 11) is 1.57. The number of hydrogen-bond donors (Lipinski definition) is 3. The monoisotopic (exact) mass is 304 g/mol. The normalized spacial score (nSPS) is 10.2.